The fraction of sp³-hybridized carbons (Fsp3) is 0.800. The van der Waals surface area contributed by atoms with Crippen molar-refractivity contribution in [3.63, 3.8) is 0 Å². The van der Waals surface area contributed by atoms with E-state index in [4.69, 9.17) is 12.8 Å². The fourth-order valence-electron chi connectivity index (χ4n) is 0.781. The average Bonchev–Trinajstić information content (AvgIpc) is 1.77. The van der Waals surface area contributed by atoms with Crippen molar-refractivity contribution in [3.05, 3.63) is 0 Å². The van der Waals surface area contributed by atoms with Crippen molar-refractivity contribution >= 4 is 18.7 Å². The smallest absolute Gasteiger partial charge is 0.233 e. The van der Waals surface area contributed by atoms with Crippen LogP contribution < -0.4 is 0 Å². The summed E-state index contributed by atoms with van der Waals surface area (Å²) in [6.45, 7) is 0.772. The maximum absolute atomic E-state index is 10.6. The Bertz CT molecular complexity index is 105. The summed E-state index contributed by atoms with van der Waals surface area (Å²) in [6, 6.07) is 0. The van der Waals surface area contributed by atoms with Crippen LogP contribution in [0.3, 0.4) is 0 Å². The van der Waals surface area contributed by atoms with Crippen LogP contribution in [0.2, 0.25) is 0 Å². The Hall–Kier alpha value is -0.180. The minimum absolute atomic E-state index is 0.117. The topological polar surface area (TPSA) is 20.3 Å². The first-order valence-electron chi connectivity index (χ1n) is 2.78. The molecule has 45 valence electrons. The Morgan fingerprint density at radius 2 is 2.25 bits per heavy atom. The van der Waals surface area contributed by atoms with Gasteiger partial charge in [-0.3, -0.25) is 9.10 Å². The summed E-state index contributed by atoms with van der Waals surface area (Å²) in [5, 5.41) is 0. The lowest BCUT2D eigenvalue weighted by atomic mass is 10.2. The normalized spacial score (nSPS) is 21.6. The maximum Gasteiger partial charge on any atom is 0.233 e. The van der Waals surface area contributed by atoms with Crippen LogP contribution >= 0.6 is 12.8 Å². The second-order valence-electron chi connectivity index (χ2n) is 1.95. The molecule has 8 heavy (non-hydrogen) atoms. The van der Waals surface area contributed by atoms with E-state index in [1.54, 1.807) is 0 Å². The summed E-state index contributed by atoms with van der Waals surface area (Å²) in [5.41, 5.74) is 0. The van der Waals surface area contributed by atoms with Crippen molar-refractivity contribution in [1.29, 1.82) is 0 Å². The summed E-state index contributed by atoms with van der Waals surface area (Å²) in [5.74, 6) is 0.117. The highest BCUT2D eigenvalue weighted by molar-refractivity contribution is 7.78. The second-order valence-corrected chi connectivity index (χ2v) is 2.39. The molecule has 0 atom stereocenters. The monoisotopic (exact) mass is 130 g/mol. The quantitative estimate of drug-likeness (QED) is 0.481. The first-order chi connectivity index (χ1) is 3.80. The van der Waals surface area contributed by atoms with Crippen LogP contribution in [0.1, 0.15) is 19.3 Å². The molecule has 0 aromatic carbocycles. The summed E-state index contributed by atoms with van der Waals surface area (Å²) in [7, 11) is 0. The van der Waals surface area contributed by atoms with Gasteiger partial charge in [-0.05, 0) is 12.8 Å². The molecular weight excluding hydrogens is 122 g/mol. The lowest BCUT2D eigenvalue weighted by molar-refractivity contribution is -0.127. The zero-order valence-corrected chi connectivity index (χ0v) is 5.41. The molecular formula is C5H8NOS. The van der Waals surface area contributed by atoms with Gasteiger partial charge in [0, 0.05) is 25.8 Å². The van der Waals surface area contributed by atoms with Crippen LogP contribution in [0.4, 0.5) is 0 Å². The van der Waals surface area contributed by atoms with Crippen LogP contribution in [0, 0.1) is 0 Å². The Labute approximate surface area is 54.4 Å². The molecule has 1 saturated heterocycles. The third-order valence-corrected chi connectivity index (χ3v) is 1.67. The molecule has 0 saturated carbocycles. The van der Waals surface area contributed by atoms with Gasteiger partial charge in [0.2, 0.25) is 5.91 Å². The second kappa shape index (κ2) is 2.40. The zero-order valence-electron chi connectivity index (χ0n) is 4.59. The van der Waals surface area contributed by atoms with Gasteiger partial charge in [-0.2, -0.15) is 0 Å². The highest BCUT2D eigenvalue weighted by Gasteiger charge is 2.14. The third kappa shape index (κ3) is 1.15. The molecule has 1 rings (SSSR count). The van der Waals surface area contributed by atoms with E-state index in [2.05, 4.69) is 0 Å². The Kier molecular flexibility index (Phi) is 1.78. The first kappa shape index (κ1) is 5.95. The molecule has 0 unspecified atom stereocenters. The van der Waals surface area contributed by atoms with Crippen molar-refractivity contribution in [3.8, 4) is 0 Å². The predicted molar refractivity (Wildman–Crippen MR) is 33.2 cm³/mol. The van der Waals surface area contributed by atoms with E-state index in [0.29, 0.717) is 6.42 Å². The van der Waals surface area contributed by atoms with Crippen molar-refractivity contribution in [2.24, 2.45) is 0 Å². The largest absolute Gasteiger partial charge is 0.276 e. The van der Waals surface area contributed by atoms with Gasteiger partial charge in [0.1, 0.15) is 0 Å². The van der Waals surface area contributed by atoms with Crippen molar-refractivity contribution in [2.45, 2.75) is 19.3 Å². The summed E-state index contributed by atoms with van der Waals surface area (Å²) < 4.78 is 1.38. The lowest BCUT2D eigenvalue weighted by Crippen LogP contribution is -2.26. The van der Waals surface area contributed by atoms with Crippen LogP contribution in [-0.2, 0) is 4.79 Å². The van der Waals surface area contributed by atoms with Crippen molar-refractivity contribution < 1.29 is 4.79 Å². The fourth-order valence-corrected chi connectivity index (χ4v) is 1.00. The number of amides is 1. The molecule has 3 heteroatoms. The van der Waals surface area contributed by atoms with Gasteiger partial charge in [0.25, 0.3) is 0 Å². The van der Waals surface area contributed by atoms with E-state index in [-0.39, 0.29) is 5.91 Å². The van der Waals surface area contributed by atoms with E-state index in [9.17, 15) is 4.79 Å². The molecule has 2 nitrogen and oxygen atoms in total. The number of carbonyl (C=O) groups excluding carboxylic acids is 1. The average molecular weight is 130 g/mol. The maximum atomic E-state index is 10.6. The summed E-state index contributed by atoms with van der Waals surface area (Å²) in [6.07, 6.45) is 2.75. The molecule has 0 aromatic heterocycles. The Morgan fingerprint density at radius 1 is 1.50 bits per heavy atom. The number of hydrogen-bond acceptors (Lipinski definition) is 1. The number of nitrogens with zero attached hydrogens (tertiary/aromatic N) is 1. The highest BCUT2D eigenvalue weighted by Crippen LogP contribution is 2.10. The Morgan fingerprint density at radius 3 is 2.62 bits per heavy atom. The zero-order chi connectivity index (χ0) is 5.98. The van der Waals surface area contributed by atoms with Gasteiger partial charge in [-0.1, -0.05) is 0 Å². The highest BCUT2D eigenvalue weighted by atomic mass is 32.1. The number of rotatable bonds is 0. The lowest BCUT2D eigenvalue weighted by Gasteiger charge is -2.18. The van der Waals surface area contributed by atoms with Gasteiger partial charge in [0.15, 0.2) is 0 Å². The Balaban J connectivity index is 2.39. The molecule has 1 radical (unpaired) electrons. The van der Waals surface area contributed by atoms with Crippen LogP contribution in [-0.4, -0.2) is 16.8 Å². The van der Waals surface area contributed by atoms with Gasteiger partial charge in [-0.15, -0.1) is 0 Å². The van der Waals surface area contributed by atoms with Crippen LogP contribution in [0.5, 0.6) is 0 Å². The van der Waals surface area contributed by atoms with Crippen molar-refractivity contribution in [2.75, 3.05) is 6.54 Å². The summed E-state index contributed by atoms with van der Waals surface area (Å²) >= 11 is 4.70. The molecule has 1 amide bonds. The van der Waals surface area contributed by atoms with Crippen LogP contribution in [0.25, 0.3) is 0 Å². The molecule has 1 aliphatic heterocycles. The predicted octanol–water partition coefficient (Wildman–Crippen LogP) is 1.11. The number of piperidine rings is 1. The molecule has 0 N–H and O–H groups in total. The molecule has 1 aliphatic rings. The van der Waals surface area contributed by atoms with Gasteiger partial charge in [0.05, 0.1) is 0 Å². The van der Waals surface area contributed by atoms with E-state index in [1.807, 2.05) is 0 Å². The SMILES string of the molecule is O=C1CCCCN1[S]. The van der Waals surface area contributed by atoms with Crippen LogP contribution in [0.15, 0.2) is 0 Å². The molecule has 0 aromatic rings. The molecule has 1 heterocycles. The minimum atomic E-state index is 0.117. The van der Waals surface area contributed by atoms with E-state index in [1.165, 1.54) is 4.31 Å². The van der Waals surface area contributed by atoms with Gasteiger partial charge >= 0.3 is 0 Å². The minimum Gasteiger partial charge on any atom is -0.276 e. The van der Waals surface area contributed by atoms with E-state index < -0.39 is 0 Å². The first-order valence-corrected chi connectivity index (χ1v) is 3.15. The molecule has 1 fully saturated rings. The van der Waals surface area contributed by atoms with Gasteiger partial charge in [-0.25, -0.2) is 0 Å². The standard InChI is InChI=1S/C5H8NOS/c7-5-3-1-2-4-6(5)8/h1-4H2. The van der Waals surface area contributed by atoms with E-state index in [0.717, 1.165) is 19.4 Å². The number of carbonyl (C=O) groups is 1. The molecule has 0 aliphatic carbocycles. The van der Waals surface area contributed by atoms with Gasteiger partial charge < -0.3 is 0 Å². The third-order valence-electron chi connectivity index (χ3n) is 1.28. The van der Waals surface area contributed by atoms with E-state index >= 15 is 0 Å². The summed E-state index contributed by atoms with van der Waals surface area (Å²) in [4.78, 5) is 10.6. The molecule has 0 bridgehead atoms. The molecule has 0 spiro atoms. The number of hydrogen-bond donors (Lipinski definition) is 0. The van der Waals surface area contributed by atoms with Crippen molar-refractivity contribution in [1.82, 2.24) is 4.31 Å².